The third-order valence-corrected chi connectivity index (χ3v) is 3.41. The maximum Gasteiger partial charge on any atom is 0.163 e. The zero-order valence-electron chi connectivity index (χ0n) is 12.3. The van der Waals surface area contributed by atoms with Gasteiger partial charge in [-0.15, -0.1) is 0 Å². The van der Waals surface area contributed by atoms with Gasteiger partial charge in [-0.2, -0.15) is 5.10 Å². The standard InChI is InChI=1S/C15H17N5O/c1-10-13-14(17-9-18-15(13)20(2)19-10)16-8-11-4-6-12(21-3)7-5-11/h4-7,9H,8H2,1-3H3,(H,16,17,18). The van der Waals surface area contributed by atoms with Gasteiger partial charge in [0, 0.05) is 13.6 Å². The van der Waals surface area contributed by atoms with Crippen LogP contribution in [-0.2, 0) is 13.6 Å². The average molecular weight is 283 g/mol. The number of nitrogens with zero attached hydrogens (tertiary/aromatic N) is 4. The number of anilines is 1. The zero-order chi connectivity index (χ0) is 14.8. The summed E-state index contributed by atoms with van der Waals surface area (Å²) in [6, 6.07) is 7.95. The molecule has 2 heterocycles. The SMILES string of the molecule is COc1ccc(CNc2ncnc3c2c(C)nn3C)cc1. The van der Waals surface area contributed by atoms with Crippen LogP contribution in [0.25, 0.3) is 11.0 Å². The van der Waals surface area contributed by atoms with Crippen LogP contribution in [0.5, 0.6) is 5.75 Å². The molecule has 3 rings (SSSR count). The minimum absolute atomic E-state index is 0.685. The van der Waals surface area contributed by atoms with E-state index in [4.69, 9.17) is 4.74 Å². The second kappa shape index (κ2) is 5.40. The first-order valence-corrected chi connectivity index (χ1v) is 6.70. The molecule has 21 heavy (non-hydrogen) atoms. The van der Waals surface area contributed by atoms with Gasteiger partial charge >= 0.3 is 0 Å². The van der Waals surface area contributed by atoms with Gasteiger partial charge in [0.2, 0.25) is 0 Å². The quantitative estimate of drug-likeness (QED) is 0.796. The predicted octanol–water partition coefficient (Wildman–Crippen LogP) is 2.29. The Morgan fingerprint density at radius 3 is 2.67 bits per heavy atom. The number of fused-ring (bicyclic) bond motifs is 1. The first kappa shape index (κ1) is 13.4. The molecule has 0 aliphatic rings. The summed E-state index contributed by atoms with van der Waals surface area (Å²) in [4.78, 5) is 8.60. The van der Waals surface area contributed by atoms with E-state index < -0.39 is 0 Å². The number of ether oxygens (including phenoxy) is 1. The molecule has 6 nitrogen and oxygen atoms in total. The van der Waals surface area contributed by atoms with Crippen LogP contribution in [-0.4, -0.2) is 26.9 Å². The van der Waals surface area contributed by atoms with Crippen LogP contribution in [0.1, 0.15) is 11.3 Å². The average Bonchev–Trinajstić information content (AvgIpc) is 2.81. The Balaban J connectivity index is 1.84. The molecule has 0 radical (unpaired) electrons. The molecular formula is C15H17N5O. The van der Waals surface area contributed by atoms with Gasteiger partial charge in [-0.1, -0.05) is 12.1 Å². The monoisotopic (exact) mass is 283 g/mol. The molecular weight excluding hydrogens is 266 g/mol. The number of rotatable bonds is 4. The Morgan fingerprint density at radius 1 is 1.19 bits per heavy atom. The summed E-state index contributed by atoms with van der Waals surface area (Å²) in [5, 5.41) is 8.70. The summed E-state index contributed by atoms with van der Waals surface area (Å²) in [7, 11) is 3.55. The van der Waals surface area contributed by atoms with Gasteiger partial charge in [-0.25, -0.2) is 9.97 Å². The Hall–Kier alpha value is -2.63. The van der Waals surface area contributed by atoms with Gasteiger partial charge in [-0.05, 0) is 24.6 Å². The van der Waals surface area contributed by atoms with E-state index in [0.717, 1.165) is 33.9 Å². The van der Waals surface area contributed by atoms with Gasteiger partial charge in [0.1, 0.15) is 17.9 Å². The third kappa shape index (κ3) is 2.52. The summed E-state index contributed by atoms with van der Waals surface area (Å²) in [6.45, 7) is 2.65. The van der Waals surface area contributed by atoms with Gasteiger partial charge in [0.05, 0.1) is 18.2 Å². The molecule has 0 amide bonds. The fourth-order valence-corrected chi connectivity index (χ4v) is 2.34. The summed E-state index contributed by atoms with van der Waals surface area (Å²) < 4.78 is 6.92. The normalized spacial score (nSPS) is 10.8. The second-order valence-corrected chi connectivity index (χ2v) is 4.83. The van der Waals surface area contributed by atoms with Crippen molar-refractivity contribution in [3.63, 3.8) is 0 Å². The molecule has 0 fully saturated rings. The van der Waals surface area contributed by atoms with E-state index in [2.05, 4.69) is 20.4 Å². The Labute approximate surface area is 122 Å². The highest BCUT2D eigenvalue weighted by molar-refractivity contribution is 5.89. The largest absolute Gasteiger partial charge is 0.497 e. The van der Waals surface area contributed by atoms with Crippen LogP contribution in [0.3, 0.4) is 0 Å². The summed E-state index contributed by atoms with van der Waals surface area (Å²) in [6.07, 6.45) is 1.56. The van der Waals surface area contributed by atoms with Crippen molar-refractivity contribution in [3.8, 4) is 5.75 Å². The van der Waals surface area contributed by atoms with Crippen molar-refractivity contribution in [1.29, 1.82) is 0 Å². The van der Waals surface area contributed by atoms with Crippen LogP contribution in [0, 0.1) is 6.92 Å². The number of aromatic nitrogens is 4. The molecule has 0 saturated carbocycles. The minimum Gasteiger partial charge on any atom is -0.497 e. The van der Waals surface area contributed by atoms with Crippen LogP contribution >= 0.6 is 0 Å². The van der Waals surface area contributed by atoms with Crippen molar-refractivity contribution in [2.75, 3.05) is 12.4 Å². The molecule has 0 saturated heterocycles. The Bertz CT molecular complexity index is 764. The number of hydrogen-bond donors (Lipinski definition) is 1. The zero-order valence-corrected chi connectivity index (χ0v) is 12.3. The van der Waals surface area contributed by atoms with Crippen LogP contribution in [0.2, 0.25) is 0 Å². The molecule has 0 aliphatic carbocycles. The van der Waals surface area contributed by atoms with Crippen molar-refractivity contribution in [1.82, 2.24) is 19.7 Å². The molecule has 3 aromatic rings. The molecule has 0 bridgehead atoms. The van der Waals surface area contributed by atoms with Crippen molar-refractivity contribution in [2.24, 2.45) is 7.05 Å². The molecule has 2 aromatic heterocycles. The van der Waals surface area contributed by atoms with E-state index in [1.165, 1.54) is 0 Å². The van der Waals surface area contributed by atoms with E-state index in [9.17, 15) is 0 Å². The number of hydrogen-bond acceptors (Lipinski definition) is 5. The number of benzene rings is 1. The topological polar surface area (TPSA) is 64.9 Å². The highest BCUT2D eigenvalue weighted by Gasteiger charge is 2.11. The van der Waals surface area contributed by atoms with Crippen LogP contribution in [0.15, 0.2) is 30.6 Å². The molecule has 0 aliphatic heterocycles. The van der Waals surface area contributed by atoms with E-state index in [1.807, 2.05) is 38.2 Å². The van der Waals surface area contributed by atoms with Gasteiger partial charge in [0.25, 0.3) is 0 Å². The van der Waals surface area contributed by atoms with E-state index in [0.29, 0.717) is 6.54 Å². The molecule has 0 spiro atoms. The summed E-state index contributed by atoms with van der Waals surface area (Å²) >= 11 is 0. The van der Waals surface area contributed by atoms with E-state index >= 15 is 0 Å². The lowest BCUT2D eigenvalue weighted by Crippen LogP contribution is -2.03. The Morgan fingerprint density at radius 2 is 1.95 bits per heavy atom. The number of aryl methyl sites for hydroxylation is 2. The van der Waals surface area contributed by atoms with Gasteiger partial charge < -0.3 is 10.1 Å². The van der Waals surface area contributed by atoms with Crippen molar-refractivity contribution in [3.05, 3.63) is 41.9 Å². The number of nitrogens with one attached hydrogen (secondary N) is 1. The molecule has 1 aromatic carbocycles. The maximum absolute atomic E-state index is 5.16. The molecule has 6 heteroatoms. The molecule has 1 N–H and O–H groups in total. The number of methoxy groups -OCH3 is 1. The molecule has 0 atom stereocenters. The van der Waals surface area contributed by atoms with Crippen LogP contribution < -0.4 is 10.1 Å². The first-order valence-electron chi connectivity index (χ1n) is 6.70. The Kier molecular flexibility index (Phi) is 3.43. The lowest BCUT2D eigenvalue weighted by molar-refractivity contribution is 0.414. The van der Waals surface area contributed by atoms with Crippen molar-refractivity contribution < 1.29 is 4.74 Å². The van der Waals surface area contributed by atoms with Crippen molar-refractivity contribution in [2.45, 2.75) is 13.5 Å². The second-order valence-electron chi connectivity index (χ2n) is 4.83. The van der Waals surface area contributed by atoms with Gasteiger partial charge in [-0.3, -0.25) is 4.68 Å². The van der Waals surface area contributed by atoms with E-state index in [-0.39, 0.29) is 0 Å². The highest BCUT2D eigenvalue weighted by atomic mass is 16.5. The fourth-order valence-electron chi connectivity index (χ4n) is 2.34. The predicted molar refractivity (Wildman–Crippen MR) is 81.4 cm³/mol. The van der Waals surface area contributed by atoms with Crippen LogP contribution in [0.4, 0.5) is 5.82 Å². The maximum atomic E-state index is 5.16. The summed E-state index contributed by atoms with van der Waals surface area (Å²) in [5.74, 6) is 1.66. The molecule has 0 unspecified atom stereocenters. The van der Waals surface area contributed by atoms with E-state index in [1.54, 1.807) is 18.1 Å². The summed E-state index contributed by atoms with van der Waals surface area (Å²) in [5.41, 5.74) is 2.91. The fraction of sp³-hybridized carbons (Fsp3) is 0.267. The minimum atomic E-state index is 0.685. The van der Waals surface area contributed by atoms with Gasteiger partial charge in [0.15, 0.2) is 5.65 Å². The van der Waals surface area contributed by atoms with Crippen molar-refractivity contribution >= 4 is 16.9 Å². The lowest BCUT2D eigenvalue weighted by atomic mass is 10.2. The smallest absolute Gasteiger partial charge is 0.163 e. The lowest BCUT2D eigenvalue weighted by Gasteiger charge is -2.07. The first-order chi connectivity index (χ1) is 10.2. The third-order valence-electron chi connectivity index (χ3n) is 3.41. The molecule has 108 valence electrons. The highest BCUT2D eigenvalue weighted by Crippen LogP contribution is 2.22.